The normalized spacial score (nSPS) is 17.9. The van der Waals surface area contributed by atoms with E-state index < -0.39 is 48.9 Å². The SMILES string of the molecule is CCOC(=O)CN1CCN(CP(=O)(OCC)OCC)CCN(Cc2ccc3cc(C)ccc3n2)CCN(CP(=O)(OCC)OCC)CC1.Cc1ccc2nc(CN3CCN(CP(=O)(O)O)CCN(CC(=O)O)CCN(CP(=O)(O)O)CC3)ccc2c1. The third-order valence-electron chi connectivity index (χ3n) is 14.3. The summed E-state index contributed by atoms with van der Waals surface area (Å²) >= 11 is 0. The summed E-state index contributed by atoms with van der Waals surface area (Å²) in [5.74, 6) is -1.36. The molecule has 5 N–H and O–H groups in total. The highest BCUT2D eigenvalue weighted by Crippen LogP contribution is 2.49. The predicted octanol–water partition coefficient (Wildman–Crippen LogP) is 5.89. The molecule has 2 aromatic heterocycles. The molecule has 0 aliphatic carbocycles. The number of carboxylic acids is 1. The standard InChI is InChI=1S/C33H57N5O8P2.C23H37N5O8P2/c1-7-42-33(39)26-36-18-22-37(27-47(40,43-8-2)44-9-3)20-16-35(25-31-14-13-30-24-29(6)12-15-32(30)34-31)17-21-38(23-19-36)28-48(41,45-10-4)46-11-5;1-19-2-5-22-20(14-19)3-4-21(24-22)15-25-6-10-27(17-37(31,32)33)12-8-26(16-23(29)30)9-13-28(11-7-25)18-38(34,35)36/h12-15,24H,7-11,16-23,25-28H2,1-6H3;2-5,14H,6-13,15-18H2,1H3,(H,29,30)(H2,31,32,33)(H2,34,35,36). The number of ether oxygens (including phenoxy) is 1. The minimum Gasteiger partial charge on any atom is -0.480 e. The summed E-state index contributed by atoms with van der Waals surface area (Å²) < 4.78 is 78.8. The Kier molecular flexibility index (Phi) is 31.0. The number of benzene rings is 2. The molecule has 2 aromatic carbocycles. The fourth-order valence-corrected chi connectivity index (χ4v) is 15.4. The lowest BCUT2D eigenvalue weighted by molar-refractivity contribution is -0.144. The van der Waals surface area contributed by atoms with Crippen molar-refractivity contribution in [2.24, 2.45) is 0 Å². The van der Waals surface area contributed by atoms with Gasteiger partial charge in [-0.15, -0.1) is 0 Å². The Morgan fingerprint density at radius 3 is 1.06 bits per heavy atom. The molecule has 0 radical (unpaired) electrons. The zero-order valence-electron chi connectivity index (χ0n) is 51.3. The number of aromatic nitrogens is 2. The summed E-state index contributed by atoms with van der Waals surface area (Å²) in [5, 5.41) is 11.4. The summed E-state index contributed by atoms with van der Waals surface area (Å²) in [4.78, 5) is 87.5. The molecule has 0 saturated carbocycles. The molecule has 0 unspecified atom stereocenters. The molecule has 86 heavy (non-hydrogen) atoms. The number of esters is 1. The van der Waals surface area contributed by atoms with E-state index in [1.807, 2.05) is 69.9 Å². The molecule has 4 aromatic rings. The average molecular weight is 1290 g/mol. The molecule has 2 aliphatic heterocycles. The van der Waals surface area contributed by atoms with Crippen molar-refractivity contribution >= 4 is 64.1 Å². The average Bonchev–Trinajstić information content (AvgIpc) is 2.36. The fourth-order valence-electron chi connectivity index (χ4n) is 10.2. The van der Waals surface area contributed by atoms with E-state index >= 15 is 0 Å². The van der Waals surface area contributed by atoms with Crippen LogP contribution in [0.2, 0.25) is 0 Å². The van der Waals surface area contributed by atoms with Gasteiger partial charge in [0.25, 0.3) is 0 Å². The van der Waals surface area contributed by atoms with E-state index in [1.54, 1.807) is 21.6 Å². The van der Waals surface area contributed by atoms with Gasteiger partial charge in [-0.05, 0) is 84.9 Å². The summed E-state index contributed by atoms with van der Waals surface area (Å²) in [6, 6.07) is 20.4. The van der Waals surface area contributed by atoms with E-state index in [0.29, 0.717) is 98.2 Å². The molecule has 0 amide bonds. The zero-order valence-corrected chi connectivity index (χ0v) is 54.8. The highest BCUT2D eigenvalue weighted by Gasteiger charge is 2.32. The third kappa shape index (κ3) is 27.7. The maximum atomic E-state index is 13.6. The van der Waals surface area contributed by atoms with E-state index in [9.17, 15) is 52.5 Å². The Morgan fingerprint density at radius 1 is 0.430 bits per heavy atom. The predicted molar refractivity (Wildman–Crippen MR) is 332 cm³/mol. The number of carboxylic acid groups (broad SMARTS) is 1. The summed E-state index contributed by atoms with van der Waals surface area (Å²) in [6.45, 7) is 22.4. The van der Waals surface area contributed by atoms with Gasteiger partial charge in [0.05, 0.1) is 68.5 Å². The smallest absolute Gasteiger partial charge is 0.344 e. The van der Waals surface area contributed by atoms with Gasteiger partial charge in [-0.25, -0.2) is 0 Å². The number of rotatable bonds is 25. The van der Waals surface area contributed by atoms with Crippen molar-refractivity contribution in [3.63, 3.8) is 0 Å². The van der Waals surface area contributed by atoms with Gasteiger partial charge in [0.1, 0.15) is 25.1 Å². The Labute approximate surface area is 507 Å². The van der Waals surface area contributed by atoms with Crippen LogP contribution >= 0.6 is 30.4 Å². The number of fused-ring (bicyclic) bond motifs is 2. The van der Waals surface area contributed by atoms with E-state index in [1.165, 1.54) is 5.56 Å². The van der Waals surface area contributed by atoms with E-state index in [4.69, 9.17) is 32.8 Å². The number of pyridine rings is 2. The maximum Gasteiger partial charge on any atom is 0.344 e. The Hall–Kier alpha value is -3.52. The van der Waals surface area contributed by atoms with Crippen LogP contribution in [0, 0.1) is 13.8 Å². The van der Waals surface area contributed by atoms with Crippen LogP contribution in [0.25, 0.3) is 21.8 Å². The van der Waals surface area contributed by atoms with Crippen molar-refractivity contribution < 1.29 is 75.4 Å². The first-order valence-electron chi connectivity index (χ1n) is 29.5. The van der Waals surface area contributed by atoms with Gasteiger partial charge < -0.3 is 47.5 Å². The van der Waals surface area contributed by atoms with Crippen LogP contribution in [0.3, 0.4) is 0 Å². The minimum absolute atomic E-state index is 0.109. The van der Waals surface area contributed by atoms with Crippen molar-refractivity contribution in [2.45, 2.75) is 61.6 Å². The molecule has 0 spiro atoms. The van der Waals surface area contributed by atoms with Gasteiger partial charge in [-0.3, -0.25) is 77.0 Å². The molecule has 4 heterocycles. The lowest BCUT2D eigenvalue weighted by atomic mass is 10.1. The van der Waals surface area contributed by atoms with Crippen LogP contribution in [0.15, 0.2) is 60.7 Å². The summed E-state index contributed by atoms with van der Waals surface area (Å²) in [5.41, 5.74) is 5.87. The molecule has 0 atom stereocenters. The first-order valence-corrected chi connectivity index (χ1v) is 36.6. The first-order chi connectivity index (χ1) is 40.8. The largest absolute Gasteiger partial charge is 0.480 e. The van der Waals surface area contributed by atoms with Gasteiger partial charge in [-0.2, -0.15) is 0 Å². The molecule has 0 bridgehead atoms. The number of carbonyl (C=O) groups is 2. The number of aliphatic carboxylic acids is 1. The Balaban J connectivity index is 0.000000322. The van der Waals surface area contributed by atoms with Crippen LogP contribution in [0.5, 0.6) is 0 Å². The fraction of sp³-hybridized carbons (Fsp3) is 0.643. The molecule has 2 fully saturated rings. The second-order valence-electron chi connectivity index (χ2n) is 21.6. The van der Waals surface area contributed by atoms with Crippen molar-refractivity contribution in [1.29, 1.82) is 0 Å². The van der Waals surface area contributed by atoms with Gasteiger partial charge in [0.15, 0.2) is 0 Å². The summed E-state index contributed by atoms with van der Waals surface area (Å²) in [6.07, 6.45) is -0.609. The monoisotopic (exact) mass is 1290 g/mol. The zero-order chi connectivity index (χ0) is 62.9. The van der Waals surface area contributed by atoms with Crippen molar-refractivity contribution in [1.82, 2.24) is 49.2 Å². The first kappa shape index (κ1) is 73.2. The van der Waals surface area contributed by atoms with Crippen molar-refractivity contribution in [3.8, 4) is 0 Å². The molecule has 26 nitrogen and oxygen atoms in total. The van der Waals surface area contributed by atoms with Crippen LogP contribution in [-0.4, -0.2) is 262 Å². The lowest BCUT2D eigenvalue weighted by Crippen LogP contribution is -2.47. The summed E-state index contributed by atoms with van der Waals surface area (Å²) in [7, 11) is -15.4. The maximum absolute atomic E-state index is 13.6. The van der Waals surface area contributed by atoms with Crippen LogP contribution in [0.1, 0.15) is 57.1 Å². The van der Waals surface area contributed by atoms with Crippen molar-refractivity contribution in [3.05, 3.63) is 83.2 Å². The van der Waals surface area contributed by atoms with Gasteiger partial charge >= 0.3 is 42.3 Å². The van der Waals surface area contributed by atoms with Gasteiger partial charge in [0.2, 0.25) is 0 Å². The Bertz CT molecular complexity index is 2840. The molecule has 2 aliphatic rings. The lowest BCUT2D eigenvalue weighted by Gasteiger charge is -2.35. The van der Waals surface area contributed by atoms with Gasteiger partial charge in [-0.1, -0.05) is 35.4 Å². The number of aryl methyl sites for hydroxylation is 2. The van der Waals surface area contributed by atoms with Gasteiger partial charge in [0, 0.05) is 129 Å². The van der Waals surface area contributed by atoms with Crippen LogP contribution < -0.4 is 0 Å². The molecular weight excluding hydrogens is 1190 g/mol. The van der Waals surface area contributed by atoms with E-state index in [-0.39, 0.29) is 84.2 Å². The molecule has 2 saturated heterocycles. The quantitative estimate of drug-likeness (QED) is 0.0381. The molecular formula is C56H94N10O16P4. The number of nitrogens with zero attached hydrogens (tertiary/aromatic N) is 10. The number of carbonyl (C=O) groups excluding carboxylic acids is 1. The number of hydrogen-bond acceptors (Lipinski definition) is 21. The van der Waals surface area contributed by atoms with Crippen LogP contribution in [0.4, 0.5) is 0 Å². The minimum atomic E-state index is -4.35. The van der Waals surface area contributed by atoms with E-state index in [2.05, 4.69) is 56.9 Å². The second kappa shape index (κ2) is 36.4. The molecule has 484 valence electrons. The third-order valence-corrected chi connectivity index (χ3v) is 19.9. The van der Waals surface area contributed by atoms with Crippen LogP contribution in [-0.2, 0) is 63.8 Å². The second-order valence-corrected chi connectivity index (χ2v) is 28.8. The number of hydrogen-bond donors (Lipinski definition) is 5. The van der Waals surface area contributed by atoms with E-state index in [0.717, 1.165) is 38.8 Å². The molecule has 6 rings (SSSR count). The molecule has 30 heteroatoms. The topological polar surface area (TPSA) is 301 Å². The Morgan fingerprint density at radius 2 is 0.744 bits per heavy atom. The van der Waals surface area contributed by atoms with Crippen molar-refractivity contribution in [2.75, 3.05) is 176 Å². The highest BCUT2D eigenvalue weighted by atomic mass is 31.2. The highest BCUT2D eigenvalue weighted by molar-refractivity contribution is 7.54.